The summed E-state index contributed by atoms with van der Waals surface area (Å²) < 4.78 is 2.75. The number of benzene rings is 1. The molecule has 0 bridgehead atoms. The van der Waals surface area contributed by atoms with Crippen LogP contribution in [0.25, 0.3) is 0 Å². The van der Waals surface area contributed by atoms with Gasteiger partial charge in [0.05, 0.1) is 0 Å². The first-order valence-electron chi connectivity index (χ1n) is 6.17. The Morgan fingerprint density at radius 3 is 2.18 bits per heavy atom. The molecule has 0 aromatic heterocycles. The number of carboxylic acids is 1. The molecule has 0 saturated heterocycles. The van der Waals surface area contributed by atoms with Crippen molar-refractivity contribution in [1.82, 2.24) is 0 Å². The summed E-state index contributed by atoms with van der Waals surface area (Å²) >= 11 is -2.16. The number of hydrogen-bond donors (Lipinski definition) is 1. The molecule has 0 saturated carbocycles. The third kappa shape index (κ3) is 4.34. The molecule has 0 radical (unpaired) electrons. The molecule has 1 aromatic carbocycles. The van der Waals surface area contributed by atoms with Crippen molar-refractivity contribution in [2.75, 3.05) is 0 Å². The molecule has 0 amide bonds. The van der Waals surface area contributed by atoms with Crippen LogP contribution in [0.4, 0.5) is 0 Å². The summed E-state index contributed by atoms with van der Waals surface area (Å²) in [6.45, 7) is 4.52. The van der Waals surface area contributed by atoms with Crippen molar-refractivity contribution in [3.63, 3.8) is 0 Å². The Kier molecular flexibility index (Phi) is 5.04. The van der Waals surface area contributed by atoms with Gasteiger partial charge in [0, 0.05) is 0 Å². The molecule has 3 heteroatoms. The van der Waals surface area contributed by atoms with Crippen molar-refractivity contribution in [1.29, 1.82) is 0 Å². The first-order valence-corrected chi connectivity index (χ1v) is 15.3. The fourth-order valence-corrected chi connectivity index (χ4v) is 9.44. The second kappa shape index (κ2) is 5.89. The van der Waals surface area contributed by atoms with Gasteiger partial charge in [0.25, 0.3) is 0 Å². The summed E-state index contributed by atoms with van der Waals surface area (Å²) in [5.41, 5.74) is 0.389. The third-order valence-electron chi connectivity index (χ3n) is 3.26. The van der Waals surface area contributed by atoms with Gasteiger partial charge in [-0.25, -0.2) is 0 Å². The van der Waals surface area contributed by atoms with Crippen LogP contribution >= 0.6 is 0 Å². The van der Waals surface area contributed by atoms with Crippen molar-refractivity contribution in [3.05, 3.63) is 29.8 Å². The van der Waals surface area contributed by atoms with Crippen molar-refractivity contribution in [2.24, 2.45) is 5.92 Å². The average Bonchev–Trinajstić information content (AvgIpc) is 2.27. The first kappa shape index (κ1) is 14.5. The van der Waals surface area contributed by atoms with Gasteiger partial charge >= 0.3 is 108 Å². The number of aromatic carboxylic acids is 1. The molecular weight excluding hydrogens is 319 g/mol. The van der Waals surface area contributed by atoms with Gasteiger partial charge in [-0.2, -0.15) is 0 Å². The third-order valence-corrected chi connectivity index (χ3v) is 13.1. The maximum atomic E-state index is 10.8. The minimum absolute atomic E-state index is 0.389. The number of hydrogen-bond acceptors (Lipinski definition) is 1. The minimum atomic E-state index is -2.16. The van der Waals surface area contributed by atoms with Gasteiger partial charge < -0.3 is 0 Å². The Hall–Kier alpha value is -0.511. The predicted molar refractivity (Wildman–Crippen MR) is 74.8 cm³/mol. The Morgan fingerprint density at radius 1 is 1.24 bits per heavy atom. The van der Waals surface area contributed by atoms with Crippen molar-refractivity contribution >= 4 is 27.9 Å². The number of carboxylic acid groups (broad SMARTS) is 1. The second-order valence-electron chi connectivity index (χ2n) is 5.70. The molecule has 0 unspecified atom stereocenters. The van der Waals surface area contributed by atoms with E-state index in [1.165, 1.54) is 14.4 Å². The standard InChI is InChI=1S/C7H5O2.C5H11.2CH3.Sn/c8-7(9)6-4-2-1-3-5-6;1-4-5(2)3;;;/h2-5H,(H,8,9);5H,1,4H2,2-3H3;2*1H3;. The molecule has 0 aliphatic rings. The monoisotopic (exact) mass is 342 g/mol. The summed E-state index contributed by atoms with van der Waals surface area (Å²) in [6.07, 6.45) is 1.28. The van der Waals surface area contributed by atoms with E-state index < -0.39 is 24.3 Å². The van der Waals surface area contributed by atoms with E-state index in [9.17, 15) is 4.79 Å². The van der Waals surface area contributed by atoms with Crippen LogP contribution in [-0.2, 0) is 0 Å². The summed E-state index contributed by atoms with van der Waals surface area (Å²) in [5, 5.41) is 8.87. The molecule has 1 rings (SSSR count). The maximum absolute atomic E-state index is 10.8. The number of carbonyl (C=O) groups is 1. The first-order chi connectivity index (χ1) is 7.83. The van der Waals surface area contributed by atoms with Gasteiger partial charge in [-0.05, 0) is 0 Å². The Labute approximate surface area is 108 Å². The normalized spacial score (nSPS) is 11.8. The molecule has 2 nitrogen and oxygen atoms in total. The average molecular weight is 341 g/mol. The fraction of sp³-hybridized carbons (Fsp3) is 0.500. The van der Waals surface area contributed by atoms with Gasteiger partial charge in [0.15, 0.2) is 0 Å². The van der Waals surface area contributed by atoms with E-state index in [0.717, 1.165) is 5.92 Å². The molecule has 0 heterocycles. The zero-order chi connectivity index (χ0) is 13.1. The van der Waals surface area contributed by atoms with E-state index in [2.05, 4.69) is 23.7 Å². The van der Waals surface area contributed by atoms with Crippen LogP contribution in [0, 0.1) is 5.92 Å². The van der Waals surface area contributed by atoms with Gasteiger partial charge in [-0.15, -0.1) is 0 Å². The van der Waals surface area contributed by atoms with Gasteiger partial charge in [-0.1, -0.05) is 0 Å². The van der Waals surface area contributed by atoms with E-state index in [1.807, 2.05) is 12.1 Å². The van der Waals surface area contributed by atoms with Gasteiger partial charge in [-0.3, -0.25) is 0 Å². The molecule has 17 heavy (non-hydrogen) atoms. The predicted octanol–water partition coefficient (Wildman–Crippen LogP) is 3.35. The Morgan fingerprint density at radius 2 is 1.76 bits per heavy atom. The molecule has 0 aliphatic carbocycles. The number of rotatable bonds is 5. The van der Waals surface area contributed by atoms with Crippen LogP contribution in [0.2, 0.25) is 14.3 Å². The summed E-state index contributed by atoms with van der Waals surface area (Å²) in [6, 6.07) is 7.54. The topological polar surface area (TPSA) is 37.3 Å². The van der Waals surface area contributed by atoms with E-state index in [4.69, 9.17) is 5.11 Å². The van der Waals surface area contributed by atoms with Crippen LogP contribution in [0.3, 0.4) is 0 Å². The van der Waals surface area contributed by atoms with E-state index in [0.29, 0.717) is 5.56 Å². The van der Waals surface area contributed by atoms with E-state index >= 15 is 0 Å². The molecule has 0 fully saturated rings. The van der Waals surface area contributed by atoms with E-state index in [1.54, 1.807) is 12.1 Å². The summed E-state index contributed by atoms with van der Waals surface area (Å²) in [4.78, 5) is 15.6. The van der Waals surface area contributed by atoms with Gasteiger partial charge in [0.2, 0.25) is 0 Å². The Bertz CT molecular complexity index is 380. The summed E-state index contributed by atoms with van der Waals surface area (Å²) in [5.74, 6) is -0.0870. The van der Waals surface area contributed by atoms with Gasteiger partial charge in [0.1, 0.15) is 0 Å². The quantitative estimate of drug-likeness (QED) is 0.834. The van der Waals surface area contributed by atoms with Crippen LogP contribution in [0.15, 0.2) is 24.3 Å². The Balaban J connectivity index is 2.80. The molecular formula is C14H22O2Sn. The molecule has 1 aromatic rings. The van der Waals surface area contributed by atoms with Crippen molar-refractivity contribution < 1.29 is 9.90 Å². The molecule has 1 N–H and O–H groups in total. The molecule has 0 spiro atoms. The fourth-order valence-electron chi connectivity index (χ4n) is 1.86. The van der Waals surface area contributed by atoms with Crippen molar-refractivity contribution in [2.45, 2.75) is 34.6 Å². The van der Waals surface area contributed by atoms with Crippen LogP contribution in [0.5, 0.6) is 0 Å². The zero-order valence-corrected chi connectivity index (χ0v) is 14.0. The zero-order valence-electron chi connectivity index (χ0n) is 11.2. The van der Waals surface area contributed by atoms with Crippen LogP contribution < -0.4 is 3.58 Å². The van der Waals surface area contributed by atoms with E-state index in [-0.39, 0.29) is 0 Å². The molecule has 0 atom stereocenters. The summed E-state index contributed by atoms with van der Waals surface area (Å²) in [7, 11) is 0. The molecule has 94 valence electrons. The van der Waals surface area contributed by atoms with Crippen molar-refractivity contribution in [3.8, 4) is 0 Å². The van der Waals surface area contributed by atoms with Crippen LogP contribution in [-0.4, -0.2) is 29.5 Å². The van der Waals surface area contributed by atoms with Crippen LogP contribution in [0.1, 0.15) is 30.6 Å². The molecule has 0 aliphatic heterocycles. The second-order valence-corrected chi connectivity index (χ2v) is 19.5. The SMILES string of the molecule is CC(C)C[CH2][Sn]([CH3])([CH3])[c]1ccc(C(=O)O)cc1.